The summed E-state index contributed by atoms with van der Waals surface area (Å²) in [6.45, 7) is 3.61. The molecule has 0 aliphatic rings. The Morgan fingerprint density at radius 2 is 2.00 bits per heavy atom. The fraction of sp³-hybridized carbons (Fsp3) is 0.125. The standard InChI is InChI=1S/C8H10O4P/c1-2-7-5-3-4-6-8(7)12-13(9,10)11/h3-6H,1-2H2,(H2,9,10,11). The van der Waals surface area contributed by atoms with Crippen LogP contribution in [-0.2, 0) is 11.0 Å². The molecule has 0 aliphatic carbocycles. The smallest absolute Gasteiger partial charge is 0.404 e. The number of hydrogen-bond donors (Lipinski definition) is 2. The Morgan fingerprint density at radius 1 is 1.38 bits per heavy atom. The van der Waals surface area contributed by atoms with Gasteiger partial charge in [-0.3, -0.25) is 9.79 Å². The van der Waals surface area contributed by atoms with Crippen LogP contribution in [-0.4, -0.2) is 9.79 Å². The number of phosphoric ester groups is 1. The van der Waals surface area contributed by atoms with E-state index in [1.54, 1.807) is 18.2 Å². The van der Waals surface area contributed by atoms with Gasteiger partial charge in [-0.1, -0.05) is 18.2 Å². The van der Waals surface area contributed by atoms with Crippen molar-refractivity contribution in [2.24, 2.45) is 0 Å². The molecule has 0 fully saturated rings. The Morgan fingerprint density at radius 3 is 2.54 bits per heavy atom. The van der Waals surface area contributed by atoms with Gasteiger partial charge in [0, 0.05) is 0 Å². The third-order valence-electron chi connectivity index (χ3n) is 1.46. The van der Waals surface area contributed by atoms with Crippen molar-refractivity contribution in [2.75, 3.05) is 0 Å². The fourth-order valence-electron chi connectivity index (χ4n) is 0.928. The molecule has 5 heteroatoms. The summed E-state index contributed by atoms with van der Waals surface area (Å²) in [7, 11) is -4.46. The van der Waals surface area contributed by atoms with Crippen molar-refractivity contribution in [1.82, 2.24) is 0 Å². The summed E-state index contributed by atoms with van der Waals surface area (Å²) in [6.07, 6.45) is 0.427. The molecule has 0 saturated carbocycles. The average molecular weight is 201 g/mol. The molecule has 71 valence electrons. The Kier molecular flexibility index (Phi) is 3.09. The molecule has 0 amide bonds. The van der Waals surface area contributed by atoms with E-state index in [0.29, 0.717) is 12.0 Å². The zero-order valence-corrected chi connectivity index (χ0v) is 7.78. The number of hydrogen-bond acceptors (Lipinski definition) is 2. The molecule has 0 spiro atoms. The van der Waals surface area contributed by atoms with Crippen LogP contribution in [0, 0.1) is 6.92 Å². The summed E-state index contributed by atoms with van der Waals surface area (Å²) in [4.78, 5) is 17.1. The zero-order valence-electron chi connectivity index (χ0n) is 6.88. The van der Waals surface area contributed by atoms with E-state index in [4.69, 9.17) is 9.79 Å². The van der Waals surface area contributed by atoms with Crippen LogP contribution in [0.15, 0.2) is 24.3 Å². The van der Waals surface area contributed by atoms with Gasteiger partial charge in [-0.15, -0.1) is 0 Å². The summed E-state index contributed by atoms with van der Waals surface area (Å²) >= 11 is 0. The Balaban J connectivity index is 2.94. The second-order valence-electron chi connectivity index (χ2n) is 2.44. The van der Waals surface area contributed by atoms with Crippen LogP contribution in [0.5, 0.6) is 5.75 Å². The maximum atomic E-state index is 10.5. The lowest BCUT2D eigenvalue weighted by Crippen LogP contribution is -1.93. The molecule has 0 atom stereocenters. The maximum absolute atomic E-state index is 10.5. The highest BCUT2D eigenvalue weighted by atomic mass is 31.2. The van der Waals surface area contributed by atoms with Gasteiger partial charge in [0.05, 0.1) is 0 Å². The third-order valence-corrected chi connectivity index (χ3v) is 1.89. The normalized spacial score (nSPS) is 11.3. The second kappa shape index (κ2) is 3.92. The van der Waals surface area contributed by atoms with Crippen LogP contribution in [0.4, 0.5) is 0 Å². The zero-order chi connectivity index (χ0) is 9.90. The third kappa shape index (κ3) is 3.19. The van der Waals surface area contributed by atoms with E-state index < -0.39 is 7.82 Å². The summed E-state index contributed by atoms with van der Waals surface area (Å²) < 4.78 is 15.0. The molecule has 1 aromatic rings. The van der Waals surface area contributed by atoms with Gasteiger partial charge in [0.1, 0.15) is 5.75 Å². The highest BCUT2D eigenvalue weighted by molar-refractivity contribution is 7.46. The van der Waals surface area contributed by atoms with Crippen molar-refractivity contribution >= 4 is 7.82 Å². The maximum Gasteiger partial charge on any atom is 0.524 e. The minimum absolute atomic E-state index is 0.186. The molecule has 0 aromatic heterocycles. The second-order valence-corrected chi connectivity index (χ2v) is 3.60. The molecule has 0 saturated heterocycles. The molecule has 0 unspecified atom stereocenters. The van der Waals surface area contributed by atoms with Crippen molar-refractivity contribution in [3.8, 4) is 5.75 Å². The van der Waals surface area contributed by atoms with Gasteiger partial charge in [0.15, 0.2) is 0 Å². The highest BCUT2D eigenvalue weighted by Crippen LogP contribution is 2.38. The number of rotatable bonds is 3. The van der Waals surface area contributed by atoms with Crippen LogP contribution in [0.25, 0.3) is 0 Å². The number of para-hydroxylation sites is 1. The molecule has 1 radical (unpaired) electrons. The van der Waals surface area contributed by atoms with Gasteiger partial charge in [-0.2, -0.15) is 0 Å². The predicted octanol–water partition coefficient (Wildman–Crippen LogP) is 1.53. The number of phosphoric acid groups is 1. The van der Waals surface area contributed by atoms with Crippen LogP contribution >= 0.6 is 7.82 Å². The summed E-state index contributed by atoms with van der Waals surface area (Å²) in [5.74, 6) is 0.186. The van der Waals surface area contributed by atoms with Gasteiger partial charge >= 0.3 is 7.82 Å². The van der Waals surface area contributed by atoms with Crippen molar-refractivity contribution in [1.29, 1.82) is 0 Å². The first-order valence-corrected chi connectivity index (χ1v) is 5.18. The van der Waals surface area contributed by atoms with Crippen LogP contribution in [0.3, 0.4) is 0 Å². The van der Waals surface area contributed by atoms with E-state index in [0.717, 1.165) is 0 Å². The van der Waals surface area contributed by atoms with E-state index in [1.807, 2.05) is 0 Å². The molecule has 4 nitrogen and oxygen atoms in total. The van der Waals surface area contributed by atoms with Gasteiger partial charge in [0.2, 0.25) is 0 Å². The topological polar surface area (TPSA) is 66.8 Å². The first-order chi connectivity index (χ1) is 6.03. The summed E-state index contributed by atoms with van der Waals surface area (Å²) in [5, 5.41) is 0. The largest absolute Gasteiger partial charge is 0.524 e. The molecule has 2 N–H and O–H groups in total. The van der Waals surface area contributed by atoms with Gasteiger partial charge in [-0.25, -0.2) is 4.57 Å². The molecular weight excluding hydrogens is 191 g/mol. The van der Waals surface area contributed by atoms with Gasteiger partial charge in [-0.05, 0) is 25.0 Å². The lowest BCUT2D eigenvalue weighted by molar-refractivity contribution is 0.282. The molecule has 1 rings (SSSR count). The van der Waals surface area contributed by atoms with E-state index in [2.05, 4.69) is 11.4 Å². The molecule has 0 heterocycles. The van der Waals surface area contributed by atoms with Gasteiger partial charge < -0.3 is 4.52 Å². The van der Waals surface area contributed by atoms with E-state index >= 15 is 0 Å². The van der Waals surface area contributed by atoms with E-state index in [-0.39, 0.29) is 5.75 Å². The lowest BCUT2D eigenvalue weighted by Gasteiger charge is -2.09. The van der Waals surface area contributed by atoms with Crippen LogP contribution < -0.4 is 4.52 Å². The van der Waals surface area contributed by atoms with Crippen LogP contribution in [0.1, 0.15) is 5.56 Å². The SMILES string of the molecule is [CH2]Cc1ccccc1OP(=O)(O)O. The molecule has 1 aromatic carbocycles. The molecule has 0 aliphatic heterocycles. The molecule has 0 bridgehead atoms. The predicted molar refractivity (Wildman–Crippen MR) is 48.2 cm³/mol. The highest BCUT2D eigenvalue weighted by Gasteiger charge is 2.17. The quantitative estimate of drug-likeness (QED) is 0.728. The fourth-order valence-corrected chi connectivity index (χ4v) is 1.36. The minimum atomic E-state index is -4.46. The lowest BCUT2D eigenvalue weighted by atomic mass is 10.1. The molecule has 13 heavy (non-hydrogen) atoms. The first kappa shape index (κ1) is 10.3. The monoisotopic (exact) mass is 201 g/mol. The Hall–Kier alpha value is -0.830. The summed E-state index contributed by atoms with van der Waals surface area (Å²) in [6, 6.07) is 6.61. The van der Waals surface area contributed by atoms with E-state index in [9.17, 15) is 4.57 Å². The number of benzene rings is 1. The van der Waals surface area contributed by atoms with Crippen molar-refractivity contribution in [3.05, 3.63) is 36.8 Å². The Labute approximate surface area is 76.4 Å². The first-order valence-electron chi connectivity index (χ1n) is 3.65. The molecular formula is C8H10O4P. The van der Waals surface area contributed by atoms with Crippen molar-refractivity contribution in [3.63, 3.8) is 0 Å². The summed E-state index contributed by atoms with van der Waals surface area (Å²) in [5.41, 5.74) is 0.672. The van der Waals surface area contributed by atoms with Gasteiger partial charge in [0.25, 0.3) is 0 Å². The van der Waals surface area contributed by atoms with Crippen molar-refractivity contribution in [2.45, 2.75) is 6.42 Å². The van der Waals surface area contributed by atoms with Crippen LogP contribution in [0.2, 0.25) is 0 Å². The van der Waals surface area contributed by atoms with E-state index in [1.165, 1.54) is 6.07 Å². The average Bonchev–Trinajstić information content (AvgIpc) is 2.02. The minimum Gasteiger partial charge on any atom is -0.404 e. The Bertz CT molecular complexity index is 331. The van der Waals surface area contributed by atoms with Crippen molar-refractivity contribution < 1.29 is 18.9 Å².